The number of para-hydroxylation sites is 1. The highest BCUT2D eigenvalue weighted by Gasteiger charge is 2.35. The van der Waals surface area contributed by atoms with E-state index in [-0.39, 0.29) is 29.5 Å². The van der Waals surface area contributed by atoms with Crippen LogP contribution in [-0.4, -0.2) is 44.3 Å². The van der Waals surface area contributed by atoms with E-state index in [1.54, 1.807) is 18.2 Å². The van der Waals surface area contributed by atoms with E-state index in [2.05, 4.69) is 21.2 Å². The number of nitrogens with zero attached hydrogens (tertiary/aromatic N) is 2. The van der Waals surface area contributed by atoms with E-state index in [0.29, 0.717) is 6.54 Å². The Bertz CT molecular complexity index is 1660. The summed E-state index contributed by atoms with van der Waals surface area (Å²) in [6.07, 6.45) is 1.84. The minimum Gasteiger partial charge on any atom is -0.354 e. The Labute approximate surface area is 266 Å². The van der Waals surface area contributed by atoms with E-state index in [4.69, 9.17) is 0 Å². The van der Waals surface area contributed by atoms with Gasteiger partial charge in [0.05, 0.1) is 10.6 Å². The maximum absolute atomic E-state index is 15.2. The third kappa shape index (κ3) is 8.54. The number of carbonyl (C=O) groups is 2. The van der Waals surface area contributed by atoms with E-state index >= 15 is 4.39 Å². The molecule has 0 aliphatic rings. The second-order valence-corrected chi connectivity index (χ2v) is 13.1. The second-order valence-electron chi connectivity index (χ2n) is 10.3. The van der Waals surface area contributed by atoms with Crippen molar-refractivity contribution in [2.24, 2.45) is 0 Å². The number of nitrogens with one attached hydrogen (secondary N) is 1. The lowest BCUT2D eigenvalue weighted by Gasteiger charge is -2.34. The highest BCUT2D eigenvalue weighted by atomic mass is 79.9. The van der Waals surface area contributed by atoms with Crippen LogP contribution in [0.4, 0.5) is 10.1 Å². The zero-order valence-corrected chi connectivity index (χ0v) is 26.8. The van der Waals surface area contributed by atoms with Gasteiger partial charge in [0.25, 0.3) is 10.0 Å². The predicted octanol–water partition coefficient (Wildman–Crippen LogP) is 6.34. The fraction of sp³-hybridized carbons (Fsp3) is 0.235. The maximum atomic E-state index is 15.2. The lowest BCUT2D eigenvalue weighted by Crippen LogP contribution is -2.53. The zero-order valence-electron chi connectivity index (χ0n) is 24.4. The summed E-state index contributed by atoms with van der Waals surface area (Å²) in [6, 6.07) is 28.7. The van der Waals surface area contributed by atoms with Crippen LogP contribution < -0.4 is 9.62 Å². The summed E-state index contributed by atoms with van der Waals surface area (Å²) in [7, 11) is -4.37. The third-order valence-corrected chi connectivity index (χ3v) is 9.34. The zero-order chi connectivity index (χ0) is 31.5. The van der Waals surface area contributed by atoms with Gasteiger partial charge >= 0.3 is 0 Å². The number of unbranched alkanes of at least 4 members (excludes halogenated alkanes) is 1. The smallest absolute Gasteiger partial charge is 0.264 e. The molecule has 10 heteroatoms. The van der Waals surface area contributed by atoms with Crippen molar-refractivity contribution in [1.82, 2.24) is 10.2 Å². The molecule has 0 bridgehead atoms. The van der Waals surface area contributed by atoms with Crippen molar-refractivity contribution in [2.75, 3.05) is 17.4 Å². The molecule has 0 spiro atoms. The van der Waals surface area contributed by atoms with Gasteiger partial charge in [-0.1, -0.05) is 102 Å². The SMILES string of the molecule is CCCCNC(=O)[C@@H](Cc1ccccc1)N(Cc1cccc(Br)c1)C(=O)CN(c1ccccc1F)S(=O)(=O)c1ccccc1. The van der Waals surface area contributed by atoms with E-state index in [9.17, 15) is 18.0 Å². The molecular weight excluding hydrogens is 645 g/mol. The van der Waals surface area contributed by atoms with Gasteiger partial charge in [-0.05, 0) is 53.9 Å². The highest BCUT2D eigenvalue weighted by molar-refractivity contribution is 9.10. The van der Waals surface area contributed by atoms with Crippen molar-refractivity contribution >= 4 is 43.5 Å². The molecule has 1 atom stereocenters. The lowest BCUT2D eigenvalue weighted by atomic mass is 10.0. The van der Waals surface area contributed by atoms with E-state index in [1.165, 1.54) is 35.2 Å². The Kier molecular flexibility index (Phi) is 11.7. The van der Waals surface area contributed by atoms with Crippen molar-refractivity contribution in [3.8, 4) is 0 Å². The van der Waals surface area contributed by atoms with Gasteiger partial charge < -0.3 is 10.2 Å². The number of rotatable bonds is 14. The summed E-state index contributed by atoms with van der Waals surface area (Å²) < 4.78 is 44.6. The lowest BCUT2D eigenvalue weighted by molar-refractivity contribution is -0.140. The summed E-state index contributed by atoms with van der Waals surface area (Å²) in [5, 5.41) is 2.95. The molecule has 4 rings (SSSR count). The molecule has 7 nitrogen and oxygen atoms in total. The maximum Gasteiger partial charge on any atom is 0.264 e. The molecule has 0 radical (unpaired) electrons. The minimum atomic E-state index is -4.37. The molecule has 1 N–H and O–H groups in total. The largest absolute Gasteiger partial charge is 0.354 e. The Morgan fingerprint density at radius 3 is 2.16 bits per heavy atom. The van der Waals surface area contributed by atoms with Crippen molar-refractivity contribution in [2.45, 2.75) is 43.7 Å². The monoisotopic (exact) mass is 679 g/mol. The molecular formula is C34H35BrFN3O4S. The molecule has 0 fully saturated rings. The van der Waals surface area contributed by atoms with Gasteiger partial charge in [-0.15, -0.1) is 0 Å². The summed E-state index contributed by atoms with van der Waals surface area (Å²) in [5.74, 6) is -1.80. The Morgan fingerprint density at radius 1 is 0.864 bits per heavy atom. The molecule has 0 aromatic heterocycles. The quantitative estimate of drug-likeness (QED) is 0.158. The van der Waals surface area contributed by atoms with Crippen molar-refractivity contribution in [3.63, 3.8) is 0 Å². The topological polar surface area (TPSA) is 86.8 Å². The number of benzene rings is 4. The predicted molar refractivity (Wildman–Crippen MR) is 174 cm³/mol. The van der Waals surface area contributed by atoms with Crippen molar-refractivity contribution < 1.29 is 22.4 Å². The first-order chi connectivity index (χ1) is 21.2. The van der Waals surface area contributed by atoms with Gasteiger partial charge in [0.2, 0.25) is 11.8 Å². The Balaban J connectivity index is 1.79. The van der Waals surface area contributed by atoms with E-state index in [1.807, 2.05) is 61.5 Å². The molecule has 0 saturated heterocycles. The number of halogens is 2. The first kappa shape index (κ1) is 32.9. The standard InChI is InChI=1S/C34H35BrFN3O4S/c1-2-3-21-37-34(41)32(23-26-13-6-4-7-14-26)38(24-27-15-12-16-28(35)22-27)33(40)25-39(31-20-11-10-19-30(31)36)44(42,43)29-17-8-5-9-18-29/h4-20,22,32H,2-3,21,23-25H2,1H3,(H,37,41)/t32-/m1/s1. The fourth-order valence-electron chi connectivity index (χ4n) is 4.78. The molecule has 2 amide bonds. The second kappa shape index (κ2) is 15.6. The molecule has 0 aliphatic carbocycles. The number of hydrogen-bond acceptors (Lipinski definition) is 4. The first-order valence-corrected chi connectivity index (χ1v) is 16.6. The van der Waals surface area contributed by atoms with Crippen LogP contribution in [-0.2, 0) is 32.6 Å². The summed E-state index contributed by atoms with van der Waals surface area (Å²) in [4.78, 5) is 29.4. The van der Waals surface area contributed by atoms with Crippen LogP contribution in [0.2, 0.25) is 0 Å². The summed E-state index contributed by atoms with van der Waals surface area (Å²) >= 11 is 3.47. The summed E-state index contributed by atoms with van der Waals surface area (Å²) in [6.45, 7) is 1.75. The van der Waals surface area contributed by atoms with E-state index < -0.39 is 34.3 Å². The molecule has 230 valence electrons. The minimum absolute atomic E-state index is 0.0213. The average Bonchev–Trinajstić information content (AvgIpc) is 3.03. The number of amides is 2. The van der Waals surface area contributed by atoms with Crippen molar-refractivity contribution in [1.29, 1.82) is 0 Å². The Morgan fingerprint density at radius 2 is 1.50 bits per heavy atom. The highest BCUT2D eigenvalue weighted by Crippen LogP contribution is 2.27. The molecule has 4 aromatic rings. The van der Waals surface area contributed by atoms with Crippen LogP contribution >= 0.6 is 15.9 Å². The van der Waals surface area contributed by atoms with Gasteiger partial charge in [0.1, 0.15) is 18.4 Å². The van der Waals surface area contributed by atoms with Gasteiger partial charge in [0.15, 0.2) is 0 Å². The van der Waals surface area contributed by atoms with Crippen molar-refractivity contribution in [3.05, 3.63) is 131 Å². The van der Waals surface area contributed by atoms with Gasteiger partial charge in [0, 0.05) is 24.0 Å². The third-order valence-electron chi connectivity index (χ3n) is 7.07. The number of anilines is 1. The van der Waals surface area contributed by atoms with Crippen LogP contribution in [0.5, 0.6) is 0 Å². The normalized spacial score (nSPS) is 11.9. The van der Waals surface area contributed by atoms with Crippen LogP contribution in [0.3, 0.4) is 0 Å². The molecule has 0 aliphatic heterocycles. The average molecular weight is 681 g/mol. The number of sulfonamides is 1. The molecule has 4 aromatic carbocycles. The van der Waals surface area contributed by atoms with Crippen LogP contribution in [0.1, 0.15) is 30.9 Å². The Hall–Kier alpha value is -4.02. The van der Waals surface area contributed by atoms with Crippen LogP contribution in [0.25, 0.3) is 0 Å². The van der Waals surface area contributed by atoms with E-state index in [0.717, 1.165) is 38.8 Å². The van der Waals surface area contributed by atoms with Crippen LogP contribution in [0, 0.1) is 5.82 Å². The van der Waals surface area contributed by atoms with Gasteiger partial charge in [-0.25, -0.2) is 12.8 Å². The van der Waals surface area contributed by atoms with Gasteiger partial charge in [-0.2, -0.15) is 0 Å². The molecule has 0 heterocycles. The first-order valence-electron chi connectivity index (χ1n) is 14.4. The molecule has 0 unspecified atom stereocenters. The summed E-state index contributed by atoms with van der Waals surface area (Å²) in [5.41, 5.74) is 1.30. The number of hydrogen-bond donors (Lipinski definition) is 1. The fourth-order valence-corrected chi connectivity index (χ4v) is 6.67. The number of carbonyl (C=O) groups excluding carboxylic acids is 2. The molecule has 44 heavy (non-hydrogen) atoms. The molecule has 0 saturated carbocycles. The van der Waals surface area contributed by atoms with Gasteiger partial charge in [-0.3, -0.25) is 13.9 Å². The van der Waals surface area contributed by atoms with Crippen LogP contribution in [0.15, 0.2) is 119 Å².